The highest BCUT2D eigenvalue weighted by molar-refractivity contribution is 5.86. The van der Waals surface area contributed by atoms with Crippen molar-refractivity contribution in [1.82, 2.24) is 0 Å². The van der Waals surface area contributed by atoms with E-state index in [0.717, 1.165) is 0 Å². The smallest absolute Gasteiger partial charge is 0.372 e. The zero-order valence-corrected chi connectivity index (χ0v) is 9.50. The first-order valence-corrected chi connectivity index (χ1v) is 5.33. The molecular formula is C13H12O5. The van der Waals surface area contributed by atoms with Crippen LogP contribution in [-0.2, 0) is 13.2 Å². The number of carboxylic acids is 1. The number of para-hydroxylation sites is 1. The summed E-state index contributed by atoms with van der Waals surface area (Å²) in [6, 6.07) is 8.57. The first-order chi connectivity index (χ1) is 8.72. The Hall–Kier alpha value is -2.27. The van der Waals surface area contributed by atoms with Gasteiger partial charge in [0, 0.05) is 11.1 Å². The number of hydrogen-bond acceptors (Lipinski definition) is 4. The van der Waals surface area contributed by atoms with E-state index in [4.69, 9.17) is 19.4 Å². The number of aliphatic hydroxyl groups is 1. The molecule has 0 unspecified atom stereocenters. The highest BCUT2D eigenvalue weighted by Gasteiger charge is 2.14. The number of aliphatic hydroxyl groups excluding tert-OH is 1. The van der Waals surface area contributed by atoms with Gasteiger partial charge in [-0.05, 0) is 12.1 Å². The third kappa shape index (κ3) is 2.52. The fourth-order valence-electron chi connectivity index (χ4n) is 1.57. The Morgan fingerprint density at radius 3 is 2.72 bits per heavy atom. The molecule has 2 rings (SSSR count). The van der Waals surface area contributed by atoms with E-state index in [9.17, 15) is 4.79 Å². The van der Waals surface area contributed by atoms with Crippen LogP contribution in [0, 0.1) is 0 Å². The van der Waals surface area contributed by atoms with Gasteiger partial charge in [-0.1, -0.05) is 18.2 Å². The van der Waals surface area contributed by atoms with E-state index in [-0.39, 0.29) is 19.0 Å². The maximum Gasteiger partial charge on any atom is 0.372 e. The first-order valence-electron chi connectivity index (χ1n) is 5.33. The van der Waals surface area contributed by atoms with Crippen LogP contribution in [0.5, 0.6) is 5.75 Å². The van der Waals surface area contributed by atoms with Gasteiger partial charge in [0.15, 0.2) is 0 Å². The van der Waals surface area contributed by atoms with Crippen molar-refractivity contribution >= 4 is 5.97 Å². The highest BCUT2D eigenvalue weighted by atomic mass is 16.5. The van der Waals surface area contributed by atoms with Crippen LogP contribution in [0.3, 0.4) is 0 Å². The number of carbonyl (C=O) groups is 1. The van der Waals surface area contributed by atoms with Crippen molar-refractivity contribution in [2.24, 2.45) is 0 Å². The van der Waals surface area contributed by atoms with Crippen LogP contribution in [0.4, 0.5) is 0 Å². The van der Waals surface area contributed by atoms with Crippen molar-refractivity contribution in [1.29, 1.82) is 0 Å². The summed E-state index contributed by atoms with van der Waals surface area (Å²) >= 11 is 0. The number of ether oxygens (including phenoxy) is 1. The number of furan rings is 1. The Balaban J connectivity index is 2.11. The van der Waals surface area contributed by atoms with Crippen molar-refractivity contribution in [2.75, 3.05) is 0 Å². The zero-order valence-electron chi connectivity index (χ0n) is 9.50. The van der Waals surface area contributed by atoms with Gasteiger partial charge in [0.1, 0.15) is 12.4 Å². The summed E-state index contributed by atoms with van der Waals surface area (Å²) in [6.07, 6.45) is 1.31. The minimum Gasteiger partial charge on any atom is -0.488 e. The van der Waals surface area contributed by atoms with Gasteiger partial charge in [-0.2, -0.15) is 0 Å². The van der Waals surface area contributed by atoms with Crippen molar-refractivity contribution in [3.05, 3.63) is 53.5 Å². The SMILES string of the molecule is O=C(O)c1occc1COc1ccccc1CO. The maximum absolute atomic E-state index is 10.8. The number of aromatic carboxylic acids is 1. The molecule has 0 saturated carbocycles. The molecule has 94 valence electrons. The van der Waals surface area contributed by atoms with Crippen LogP contribution < -0.4 is 4.74 Å². The minimum atomic E-state index is -1.13. The average molecular weight is 248 g/mol. The van der Waals surface area contributed by atoms with Gasteiger partial charge in [0.25, 0.3) is 0 Å². The quantitative estimate of drug-likeness (QED) is 0.846. The summed E-state index contributed by atoms with van der Waals surface area (Å²) < 4.78 is 10.3. The number of carboxylic acid groups (broad SMARTS) is 1. The van der Waals surface area contributed by atoms with E-state index in [1.165, 1.54) is 6.26 Å². The first kappa shape index (κ1) is 12.2. The molecule has 5 nitrogen and oxygen atoms in total. The molecule has 0 aliphatic heterocycles. The van der Waals surface area contributed by atoms with Crippen molar-refractivity contribution < 1.29 is 24.2 Å². The van der Waals surface area contributed by atoms with Crippen LogP contribution in [0.15, 0.2) is 41.0 Å². The van der Waals surface area contributed by atoms with Gasteiger partial charge < -0.3 is 19.4 Å². The number of hydrogen-bond donors (Lipinski definition) is 2. The molecule has 0 atom stereocenters. The topological polar surface area (TPSA) is 79.9 Å². The van der Waals surface area contributed by atoms with Crippen LogP contribution >= 0.6 is 0 Å². The third-order valence-corrected chi connectivity index (χ3v) is 2.47. The predicted molar refractivity (Wildman–Crippen MR) is 62.4 cm³/mol. The molecule has 5 heteroatoms. The summed E-state index contributed by atoms with van der Waals surface area (Å²) in [7, 11) is 0. The lowest BCUT2D eigenvalue weighted by Crippen LogP contribution is -2.03. The van der Waals surface area contributed by atoms with Crippen LogP contribution in [0.2, 0.25) is 0 Å². The molecule has 0 bridgehead atoms. The van der Waals surface area contributed by atoms with Gasteiger partial charge in [-0.3, -0.25) is 0 Å². The van der Waals surface area contributed by atoms with Crippen LogP contribution in [-0.4, -0.2) is 16.2 Å². The largest absolute Gasteiger partial charge is 0.488 e. The Morgan fingerprint density at radius 1 is 1.22 bits per heavy atom. The third-order valence-electron chi connectivity index (χ3n) is 2.47. The normalized spacial score (nSPS) is 10.3. The van der Waals surface area contributed by atoms with Gasteiger partial charge in [-0.25, -0.2) is 4.79 Å². The summed E-state index contributed by atoms with van der Waals surface area (Å²) in [5.41, 5.74) is 1.10. The molecule has 1 aromatic carbocycles. The zero-order chi connectivity index (χ0) is 13.0. The lowest BCUT2D eigenvalue weighted by atomic mass is 10.2. The minimum absolute atomic E-state index is 0.0785. The lowest BCUT2D eigenvalue weighted by Gasteiger charge is -2.09. The predicted octanol–water partition coefficient (Wildman–Crippen LogP) is 2.05. The monoisotopic (exact) mass is 248 g/mol. The van der Waals surface area contributed by atoms with Crippen LogP contribution in [0.1, 0.15) is 21.7 Å². The van der Waals surface area contributed by atoms with Crippen molar-refractivity contribution in [3.63, 3.8) is 0 Å². The average Bonchev–Trinajstić information content (AvgIpc) is 2.85. The molecule has 0 aliphatic rings. The van der Waals surface area contributed by atoms with Crippen molar-refractivity contribution in [2.45, 2.75) is 13.2 Å². The Kier molecular flexibility index (Phi) is 3.64. The fourth-order valence-corrected chi connectivity index (χ4v) is 1.57. The van der Waals surface area contributed by atoms with Gasteiger partial charge >= 0.3 is 5.97 Å². The molecule has 0 fully saturated rings. The van der Waals surface area contributed by atoms with Crippen molar-refractivity contribution in [3.8, 4) is 5.75 Å². The lowest BCUT2D eigenvalue weighted by molar-refractivity contribution is 0.0658. The Labute approximate surface area is 103 Å². The van der Waals surface area contributed by atoms with E-state index in [2.05, 4.69) is 0 Å². The summed E-state index contributed by atoms with van der Waals surface area (Å²) in [5, 5.41) is 18.0. The van der Waals surface area contributed by atoms with E-state index < -0.39 is 5.97 Å². The summed E-state index contributed by atoms with van der Waals surface area (Å²) in [4.78, 5) is 10.8. The molecular weight excluding hydrogens is 236 g/mol. The van der Waals surface area contributed by atoms with E-state index >= 15 is 0 Å². The molecule has 0 amide bonds. The molecule has 1 aromatic heterocycles. The number of rotatable bonds is 5. The molecule has 2 N–H and O–H groups in total. The van der Waals surface area contributed by atoms with E-state index in [1.807, 2.05) is 0 Å². The molecule has 0 saturated heterocycles. The second-order valence-electron chi connectivity index (χ2n) is 3.63. The number of benzene rings is 1. The maximum atomic E-state index is 10.8. The van der Waals surface area contributed by atoms with E-state index in [0.29, 0.717) is 16.9 Å². The second-order valence-corrected chi connectivity index (χ2v) is 3.63. The van der Waals surface area contributed by atoms with Gasteiger partial charge in [-0.15, -0.1) is 0 Å². The second kappa shape index (κ2) is 5.37. The Bertz CT molecular complexity index is 544. The van der Waals surface area contributed by atoms with E-state index in [1.54, 1.807) is 30.3 Å². The standard InChI is InChI=1S/C13H12O5/c14-7-9-3-1-2-4-11(9)18-8-10-5-6-17-12(10)13(15)16/h1-6,14H,7-8H2,(H,15,16). The Morgan fingerprint density at radius 2 is 2.00 bits per heavy atom. The summed E-state index contributed by atoms with van der Waals surface area (Å²) in [6.45, 7) is -0.0531. The summed E-state index contributed by atoms with van der Waals surface area (Å²) in [5.74, 6) is -0.733. The van der Waals surface area contributed by atoms with Crippen LogP contribution in [0.25, 0.3) is 0 Å². The molecule has 1 heterocycles. The molecule has 2 aromatic rings. The molecule has 0 spiro atoms. The molecule has 0 aliphatic carbocycles. The molecule has 18 heavy (non-hydrogen) atoms. The molecule has 0 radical (unpaired) electrons. The van der Waals surface area contributed by atoms with Gasteiger partial charge in [0.2, 0.25) is 5.76 Å². The highest BCUT2D eigenvalue weighted by Crippen LogP contribution is 2.20. The fraction of sp³-hybridized carbons (Fsp3) is 0.154. The van der Waals surface area contributed by atoms with Gasteiger partial charge in [0.05, 0.1) is 12.9 Å².